The van der Waals surface area contributed by atoms with E-state index < -0.39 is 41.2 Å². The average Bonchev–Trinajstić information content (AvgIpc) is 1.53. The van der Waals surface area contributed by atoms with Crippen molar-refractivity contribution in [3.05, 3.63) is 0 Å². The summed E-state index contributed by atoms with van der Waals surface area (Å²) >= 11 is -8.76. The molecule has 8 nitrogen and oxygen atoms in total. The molecule has 0 radical (unpaired) electrons. The molecule has 0 unspecified atom stereocenters. The van der Waals surface area contributed by atoms with Crippen LogP contribution in [-0.4, -0.2) is 83.9 Å². The minimum atomic E-state index is -4.90. The maximum absolute atomic E-state index is 10.1. The van der Waals surface area contributed by atoms with Crippen LogP contribution in [0.25, 0.3) is 0 Å². The summed E-state index contributed by atoms with van der Waals surface area (Å²) < 4.78 is 65.1. The fourth-order valence-electron chi connectivity index (χ4n) is 0.163. The Morgan fingerprint density at radius 2 is 1.00 bits per heavy atom. The van der Waals surface area contributed by atoms with Crippen LogP contribution in [-0.2, 0) is 62.1 Å². The van der Waals surface area contributed by atoms with Gasteiger partial charge in [-0.2, -0.15) is 0 Å². The van der Waals surface area contributed by atoms with Gasteiger partial charge in [0.15, 0.2) is 0 Å². The Hall–Kier alpha value is 2.76. The van der Waals surface area contributed by atoms with E-state index in [1.165, 1.54) is 0 Å². The van der Waals surface area contributed by atoms with E-state index in [0.717, 1.165) is 0 Å². The van der Waals surface area contributed by atoms with Crippen molar-refractivity contribution in [2.75, 3.05) is 0 Å². The third-order valence-electron chi connectivity index (χ3n) is 0.304. The summed E-state index contributed by atoms with van der Waals surface area (Å²) in [5.74, 6) is 0. The van der Waals surface area contributed by atoms with Crippen molar-refractivity contribution in [1.82, 2.24) is 0 Å². The molecule has 72 valence electrons. The summed E-state index contributed by atoms with van der Waals surface area (Å²) in [5, 5.41) is 0. The summed E-state index contributed by atoms with van der Waals surface area (Å²) in [6, 6.07) is 0. The van der Waals surface area contributed by atoms with E-state index in [1.54, 1.807) is 0 Å². The zero-order chi connectivity index (χ0) is 9.07. The molecular formula is H4Ca2O8SV2. The number of hydrogen-bond donors (Lipinski definition) is 0. The molecule has 0 aromatic heterocycles. The first-order valence-corrected chi connectivity index (χ1v) is 6.52. The van der Waals surface area contributed by atoms with Gasteiger partial charge in [-0.3, -0.25) is 0 Å². The number of rotatable bonds is 4. The van der Waals surface area contributed by atoms with E-state index in [9.17, 15) is 23.1 Å². The van der Waals surface area contributed by atoms with Gasteiger partial charge < -0.3 is 0 Å². The molecule has 0 aromatic carbocycles. The first-order valence-electron chi connectivity index (χ1n) is 1.76. The predicted octanol–water partition coefficient (Wildman–Crippen LogP) is -3.12. The summed E-state index contributed by atoms with van der Waals surface area (Å²) in [7, 11) is -4.90. The first-order chi connectivity index (χ1) is 4.83. The normalized spacial score (nSPS) is 9.23. The van der Waals surface area contributed by atoms with E-state index >= 15 is 0 Å². The molecule has 13 heavy (non-hydrogen) atoms. The van der Waals surface area contributed by atoms with Crippen LogP contribution in [0.4, 0.5) is 0 Å². The van der Waals surface area contributed by atoms with Crippen molar-refractivity contribution in [3.63, 3.8) is 0 Å². The van der Waals surface area contributed by atoms with Crippen LogP contribution in [0.15, 0.2) is 0 Å². The molecule has 0 bridgehead atoms. The molecule has 0 saturated carbocycles. The van der Waals surface area contributed by atoms with Gasteiger partial charge in [-0.15, -0.1) is 0 Å². The van der Waals surface area contributed by atoms with Crippen molar-refractivity contribution in [1.29, 1.82) is 0 Å². The van der Waals surface area contributed by atoms with Crippen LogP contribution < -0.4 is 0 Å². The Kier molecular flexibility index (Phi) is 16.1. The third-order valence-corrected chi connectivity index (χ3v) is 3.76. The molecule has 0 aliphatic rings. The van der Waals surface area contributed by atoms with Crippen LogP contribution >= 0.6 is 0 Å². The van der Waals surface area contributed by atoms with Crippen molar-refractivity contribution in [2.45, 2.75) is 0 Å². The third kappa shape index (κ3) is 14.8. The van der Waals surface area contributed by atoms with Gasteiger partial charge in [0.05, 0.1) is 0 Å². The van der Waals surface area contributed by atoms with E-state index in [-0.39, 0.29) is 75.5 Å². The molecule has 0 atom stereocenters. The minimum absolute atomic E-state index is 0. The van der Waals surface area contributed by atoms with Crippen molar-refractivity contribution in [3.8, 4) is 0 Å². The molecule has 0 rings (SSSR count). The van der Waals surface area contributed by atoms with Crippen LogP contribution in [0, 0.1) is 0 Å². The van der Waals surface area contributed by atoms with Crippen LogP contribution in [0.5, 0.6) is 0 Å². The van der Waals surface area contributed by atoms with Gasteiger partial charge in [0.1, 0.15) is 0 Å². The molecule has 0 aliphatic carbocycles. The van der Waals surface area contributed by atoms with Gasteiger partial charge in [-0.1, -0.05) is 0 Å². The second-order valence-electron chi connectivity index (χ2n) is 1.00. The van der Waals surface area contributed by atoms with Gasteiger partial charge in [-0.25, -0.2) is 0 Å². The Morgan fingerprint density at radius 1 is 0.769 bits per heavy atom. The van der Waals surface area contributed by atoms with Gasteiger partial charge in [0, 0.05) is 0 Å². The van der Waals surface area contributed by atoms with Crippen molar-refractivity contribution < 1.29 is 60.1 Å². The molecule has 13 heteroatoms. The number of hydrogen-bond acceptors (Lipinski definition) is 8. The second-order valence-corrected chi connectivity index (χ2v) is 4.91. The second kappa shape index (κ2) is 9.95. The Morgan fingerprint density at radius 3 is 1.15 bits per heavy atom. The standard InChI is InChI=1S/2Ca.H2O4S.4O.2V.4H/c;;1-5(2,3)4;;;;;;;;;;/h;;(H2,1,2,3,4);;;;;;;;;;/q;;;;;;;2*+1;;;;/p-2. The Labute approximate surface area is 143 Å². The molecular weight excluding hydrogens is 342 g/mol. The van der Waals surface area contributed by atoms with Crippen LogP contribution in [0.1, 0.15) is 0 Å². The van der Waals surface area contributed by atoms with Gasteiger partial charge in [0.25, 0.3) is 0 Å². The molecule has 0 amide bonds. The van der Waals surface area contributed by atoms with Crippen molar-refractivity contribution >= 4 is 85.9 Å². The summed E-state index contributed by atoms with van der Waals surface area (Å²) in [6.45, 7) is 0. The molecule has 0 aliphatic heterocycles. The quantitative estimate of drug-likeness (QED) is 0.490. The molecule has 0 fully saturated rings. The summed E-state index contributed by atoms with van der Waals surface area (Å²) in [6.07, 6.45) is 0. The van der Waals surface area contributed by atoms with Gasteiger partial charge in [-0.05, 0) is 0 Å². The molecule has 0 spiro atoms. The average molecular weight is 346 g/mol. The molecule has 0 heterocycles. The topological polar surface area (TPSA) is 121 Å². The SMILES string of the molecule is [CaH2].[CaH2].[O]=[V](=[O])[O]S(=O)(=O)[O][V](=[O])=[O]. The zero-order valence-electron chi connectivity index (χ0n) is 4.57. The zero-order valence-corrected chi connectivity index (χ0v) is 8.18. The molecule has 0 aromatic rings. The van der Waals surface area contributed by atoms with E-state index in [4.69, 9.17) is 0 Å². The van der Waals surface area contributed by atoms with Crippen LogP contribution in [0.2, 0.25) is 0 Å². The maximum atomic E-state index is 10.1. The fraction of sp³-hybridized carbons (Fsp3) is 0. The molecule has 0 saturated heterocycles. The van der Waals surface area contributed by atoms with Crippen molar-refractivity contribution in [2.24, 2.45) is 0 Å². The summed E-state index contributed by atoms with van der Waals surface area (Å²) in [5.41, 5.74) is 0. The summed E-state index contributed by atoms with van der Waals surface area (Å²) in [4.78, 5) is 0. The van der Waals surface area contributed by atoms with E-state index in [2.05, 4.69) is 6.22 Å². The fourth-order valence-corrected chi connectivity index (χ4v) is 2.54. The molecule has 0 N–H and O–H groups in total. The Bertz CT molecular complexity index is 314. The van der Waals surface area contributed by atoms with Gasteiger partial charge in [0.2, 0.25) is 0 Å². The first kappa shape index (κ1) is 21.1. The van der Waals surface area contributed by atoms with E-state index in [1.807, 2.05) is 0 Å². The predicted molar refractivity (Wildman–Crippen MR) is 30.9 cm³/mol. The Balaban J connectivity index is -0.000000500. The van der Waals surface area contributed by atoms with Gasteiger partial charge >= 0.3 is 146 Å². The monoisotopic (exact) mass is 346 g/mol. The van der Waals surface area contributed by atoms with E-state index in [0.29, 0.717) is 0 Å². The van der Waals surface area contributed by atoms with Crippen LogP contribution in [0.3, 0.4) is 0 Å².